The lowest BCUT2D eigenvalue weighted by Gasteiger charge is -2.10. The number of nitro benzene ring substituents is 1. The maximum absolute atomic E-state index is 12.7. The second-order valence-electron chi connectivity index (χ2n) is 6.86. The summed E-state index contributed by atoms with van der Waals surface area (Å²) >= 11 is 5.92. The van der Waals surface area contributed by atoms with Crippen LogP contribution in [0.2, 0.25) is 5.02 Å². The Hall–Kier alpha value is -3.26. The molecule has 2 heterocycles. The number of amides is 1. The molecule has 148 valence electrons. The van der Waals surface area contributed by atoms with Crippen molar-refractivity contribution in [3.8, 4) is 11.4 Å². The number of aromatic nitrogens is 3. The number of hydrogen-bond acceptors (Lipinski definition) is 5. The highest BCUT2D eigenvalue weighted by Crippen LogP contribution is 2.27. The van der Waals surface area contributed by atoms with E-state index < -0.39 is 10.8 Å². The van der Waals surface area contributed by atoms with Crippen molar-refractivity contribution >= 4 is 28.9 Å². The van der Waals surface area contributed by atoms with Gasteiger partial charge in [-0.15, -0.1) is 10.2 Å². The van der Waals surface area contributed by atoms with Crippen LogP contribution < -0.4 is 5.32 Å². The van der Waals surface area contributed by atoms with Crippen molar-refractivity contribution in [3.05, 3.63) is 69.0 Å². The maximum Gasteiger partial charge on any atom is 0.282 e. The zero-order chi connectivity index (χ0) is 20.4. The summed E-state index contributed by atoms with van der Waals surface area (Å²) < 4.78 is 2.12. The number of rotatable bonds is 4. The predicted molar refractivity (Wildman–Crippen MR) is 109 cm³/mol. The second-order valence-corrected chi connectivity index (χ2v) is 7.29. The molecule has 2 aromatic carbocycles. The van der Waals surface area contributed by atoms with E-state index in [0.29, 0.717) is 5.69 Å². The molecule has 0 saturated carbocycles. The van der Waals surface area contributed by atoms with Crippen molar-refractivity contribution in [2.24, 2.45) is 0 Å². The van der Waals surface area contributed by atoms with Crippen LogP contribution in [0.4, 0.5) is 11.4 Å². The van der Waals surface area contributed by atoms with Crippen LogP contribution in [0.3, 0.4) is 0 Å². The molecule has 0 spiro atoms. The van der Waals surface area contributed by atoms with E-state index >= 15 is 0 Å². The molecule has 0 fully saturated rings. The Balaban J connectivity index is 1.63. The van der Waals surface area contributed by atoms with Crippen LogP contribution in [-0.2, 0) is 13.0 Å². The van der Waals surface area contributed by atoms with Gasteiger partial charge in [-0.25, -0.2) is 0 Å². The number of anilines is 1. The first-order valence-corrected chi connectivity index (χ1v) is 9.68. The summed E-state index contributed by atoms with van der Waals surface area (Å²) in [6.07, 6.45) is 4.25. The van der Waals surface area contributed by atoms with E-state index in [-0.39, 0.29) is 16.3 Å². The quantitative estimate of drug-likeness (QED) is 0.503. The Morgan fingerprint density at radius 1 is 1.14 bits per heavy atom. The minimum Gasteiger partial charge on any atom is -0.322 e. The minimum atomic E-state index is -0.604. The smallest absolute Gasteiger partial charge is 0.282 e. The third kappa shape index (κ3) is 3.97. The van der Waals surface area contributed by atoms with Crippen LogP contribution in [0, 0.1) is 10.1 Å². The third-order valence-corrected chi connectivity index (χ3v) is 5.12. The van der Waals surface area contributed by atoms with Gasteiger partial charge in [0.15, 0.2) is 5.82 Å². The van der Waals surface area contributed by atoms with Crippen LogP contribution in [0.25, 0.3) is 11.4 Å². The van der Waals surface area contributed by atoms with E-state index in [1.165, 1.54) is 18.2 Å². The Morgan fingerprint density at radius 2 is 2.00 bits per heavy atom. The average Bonchev–Trinajstić information content (AvgIpc) is 2.96. The van der Waals surface area contributed by atoms with Crippen LogP contribution in [0.15, 0.2) is 42.5 Å². The van der Waals surface area contributed by atoms with Gasteiger partial charge < -0.3 is 9.88 Å². The van der Waals surface area contributed by atoms with E-state index in [0.717, 1.165) is 49.4 Å². The fourth-order valence-corrected chi connectivity index (χ4v) is 3.65. The fraction of sp³-hybridized carbons (Fsp3) is 0.250. The third-order valence-electron chi connectivity index (χ3n) is 4.89. The van der Waals surface area contributed by atoms with Gasteiger partial charge in [-0.3, -0.25) is 14.9 Å². The van der Waals surface area contributed by atoms with Gasteiger partial charge in [0.05, 0.1) is 4.92 Å². The van der Waals surface area contributed by atoms with Crippen molar-refractivity contribution < 1.29 is 9.72 Å². The molecule has 0 radical (unpaired) electrons. The highest BCUT2D eigenvalue weighted by atomic mass is 35.5. The summed E-state index contributed by atoms with van der Waals surface area (Å²) in [5.74, 6) is 1.13. The number of carbonyl (C=O) groups excluding carboxylic acids is 1. The molecule has 0 saturated heterocycles. The summed E-state index contributed by atoms with van der Waals surface area (Å²) in [6, 6.07) is 11.1. The molecule has 9 heteroatoms. The largest absolute Gasteiger partial charge is 0.322 e. The number of nitrogens with one attached hydrogen (secondary N) is 1. The number of halogens is 1. The lowest BCUT2D eigenvalue weighted by Crippen LogP contribution is -2.14. The molecule has 1 aromatic heterocycles. The first-order chi connectivity index (χ1) is 14.0. The van der Waals surface area contributed by atoms with Gasteiger partial charge in [-0.1, -0.05) is 30.2 Å². The van der Waals surface area contributed by atoms with Crippen molar-refractivity contribution in [3.63, 3.8) is 0 Å². The molecule has 29 heavy (non-hydrogen) atoms. The number of nitro groups is 1. The number of fused-ring (bicyclic) bond motifs is 1. The van der Waals surface area contributed by atoms with E-state index in [1.54, 1.807) is 18.2 Å². The molecule has 0 bridgehead atoms. The first kappa shape index (κ1) is 19.1. The van der Waals surface area contributed by atoms with Crippen molar-refractivity contribution in [2.75, 3.05) is 5.32 Å². The summed E-state index contributed by atoms with van der Waals surface area (Å²) in [7, 11) is 0. The normalized spacial score (nSPS) is 13.4. The fourth-order valence-electron chi connectivity index (χ4n) is 3.48. The molecule has 0 atom stereocenters. The second kappa shape index (κ2) is 8.00. The monoisotopic (exact) mass is 411 g/mol. The Bertz CT molecular complexity index is 1100. The molecule has 1 aliphatic heterocycles. The number of aryl methyl sites for hydroxylation is 1. The number of nitrogens with zero attached hydrogens (tertiary/aromatic N) is 4. The predicted octanol–water partition coefficient (Wildman–Crippen LogP) is 4.49. The van der Waals surface area contributed by atoms with E-state index in [9.17, 15) is 14.9 Å². The minimum absolute atomic E-state index is 0.0933. The Kier molecular flexibility index (Phi) is 5.26. The van der Waals surface area contributed by atoms with Gasteiger partial charge in [0.2, 0.25) is 0 Å². The summed E-state index contributed by atoms with van der Waals surface area (Å²) in [6.45, 7) is 0.864. The lowest BCUT2D eigenvalue weighted by atomic mass is 10.1. The zero-order valence-electron chi connectivity index (χ0n) is 15.5. The summed E-state index contributed by atoms with van der Waals surface area (Å²) in [4.78, 5) is 23.3. The SMILES string of the molecule is O=C(Nc1cccc(-c2nnc3n2CCCCC3)c1)c1cc(Cl)ccc1[N+](=O)[O-]. The van der Waals surface area contributed by atoms with E-state index in [4.69, 9.17) is 11.6 Å². The Labute approximate surface area is 171 Å². The number of hydrogen-bond donors (Lipinski definition) is 1. The number of carbonyl (C=O) groups is 1. The van der Waals surface area contributed by atoms with Crippen LogP contribution in [-0.4, -0.2) is 25.6 Å². The van der Waals surface area contributed by atoms with Gasteiger partial charge in [-0.2, -0.15) is 0 Å². The molecule has 1 N–H and O–H groups in total. The molecule has 1 aliphatic rings. The molecule has 0 aliphatic carbocycles. The topological polar surface area (TPSA) is 103 Å². The maximum atomic E-state index is 12.7. The highest BCUT2D eigenvalue weighted by Gasteiger charge is 2.21. The standard InChI is InChI=1S/C20H18ClN5O3/c21-14-8-9-17(26(28)29)16(12-14)20(27)22-15-6-4-5-13(11-15)19-24-23-18-7-2-1-3-10-25(18)19/h4-6,8-9,11-12H,1-3,7,10H2,(H,22,27). The first-order valence-electron chi connectivity index (χ1n) is 9.31. The molecule has 4 rings (SSSR count). The van der Waals surface area contributed by atoms with E-state index in [1.807, 2.05) is 6.07 Å². The summed E-state index contributed by atoms with van der Waals surface area (Å²) in [5.41, 5.74) is 0.937. The molecular formula is C20H18ClN5O3. The van der Waals surface area contributed by atoms with Gasteiger partial charge >= 0.3 is 0 Å². The van der Waals surface area contributed by atoms with Crippen LogP contribution in [0.1, 0.15) is 35.4 Å². The lowest BCUT2D eigenvalue weighted by molar-refractivity contribution is -0.385. The van der Waals surface area contributed by atoms with E-state index in [2.05, 4.69) is 20.1 Å². The van der Waals surface area contributed by atoms with Gasteiger partial charge in [0.25, 0.3) is 11.6 Å². The molecule has 0 unspecified atom stereocenters. The molecular weight excluding hydrogens is 394 g/mol. The summed E-state index contributed by atoms with van der Waals surface area (Å²) in [5, 5.41) is 22.8. The van der Waals surface area contributed by atoms with Crippen molar-refractivity contribution in [1.29, 1.82) is 0 Å². The van der Waals surface area contributed by atoms with Gasteiger partial charge in [-0.05, 0) is 37.1 Å². The van der Waals surface area contributed by atoms with Crippen molar-refractivity contribution in [1.82, 2.24) is 14.8 Å². The van der Waals surface area contributed by atoms with Crippen LogP contribution >= 0.6 is 11.6 Å². The van der Waals surface area contributed by atoms with Crippen molar-refractivity contribution in [2.45, 2.75) is 32.2 Å². The zero-order valence-corrected chi connectivity index (χ0v) is 16.2. The molecule has 3 aromatic rings. The average molecular weight is 412 g/mol. The van der Waals surface area contributed by atoms with Gasteiger partial charge in [0, 0.05) is 35.3 Å². The Morgan fingerprint density at radius 3 is 2.83 bits per heavy atom. The van der Waals surface area contributed by atoms with Gasteiger partial charge in [0.1, 0.15) is 11.4 Å². The molecule has 8 nitrogen and oxygen atoms in total. The van der Waals surface area contributed by atoms with Crippen LogP contribution in [0.5, 0.6) is 0 Å². The number of benzene rings is 2. The molecule has 1 amide bonds. The highest BCUT2D eigenvalue weighted by molar-refractivity contribution is 6.31.